The molecule has 0 radical (unpaired) electrons. The Hall–Kier alpha value is -2.54. The molecule has 0 spiro atoms. The van der Waals surface area contributed by atoms with Crippen LogP contribution in [0.2, 0.25) is 0 Å². The van der Waals surface area contributed by atoms with Crippen molar-refractivity contribution in [3.8, 4) is 11.5 Å². The van der Waals surface area contributed by atoms with E-state index >= 15 is 0 Å². The maximum Gasteiger partial charge on any atom is 0.341 e. The molecule has 0 saturated heterocycles. The molecule has 1 aliphatic heterocycles. The van der Waals surface area contributed by atoms with Crippen LogP contribution >= 0.6 is 11.3 Å². The van der Waals surface area contributed by atoms with Gasteiger partial charge in [-0.15, -0.1) is 11.3 Å². The maximum absolute atomic E-state index is 12.8. The van der Waals surface area contributed by atoms with Gasteiger partial charge in [0.1, 0.15) is 5.00 Å². The first-order valence-corrected chi connectivity index (χ1v) is 9.93. The molecule has 2 heterocycles. The Kier molecular flexibility index (Phi) is 5.03. The summed E-state index contributed by atoms with van der Waals surface area (Å²) < 4.78 is 16.2. The lowest BCUT2D eigenvalue weighted by atomic mass is 9.95. The van der Waals surface area contributed by atoms with Gasteiger partial charge in [0.25, 0.3) is 5.91 Å². The van der Waals surface area contributed by atoms with Crippen LogP contribution in [0.3, 0.4) is 0 Å². The van der Waals surface area contributed by atoms with Gasteiger partial charge in [-0.2, -0.15) is 0 Å². The number of nitrogens with one attached hydrogen (secondary N) is 1. The average Bonchev–Trinajstić information content (AvgIpc) is 2.88. The van der Waals surface area contributed by atoms with E-state index in [2.05, 4.69) is 5.32 Å². The summed E-state index contributed by atoms with van der Waals surface area (Å²) in [6, 6.07) is 5.13. The lowest BCUT2D eigenvalue weighted by Crippen LogP contribution is -2.15. The average molecular weight is 387 g/mol. The third-order valence-electron chi connectivity index (χ3n) is 4.80. The summed E-state index contributed by atoms with van der Waals surface area (Å²) in [5.74, 6) is 0.530. The topological polar surface area (TPSA) is 73.9 Å². The summed E-state index contributed by atoms with van der Waals surface area (Å²) in [7, 11) is 1.37. The standard InChI is InChI=1S/C20H21NO5S/c1-24-20(23)17-13-5-2-3-6-16(13)27-19(17)21-18(22)12-7-8-14-15(11-12)26-10-4-9-25-14/h7-8,11H,2-6,9-10H2,1H3,(H,21,22). The number of aryl methyl sites for hydroxylation is 1. The van der Waals surface area contributed by atoms with Crippen LogP contribution < -0.4 is 14.8 Å². The zero-order valence-corrected chi connectivity index (χ0v) is 15.9. The second kappa shape index (κ2) is 7.60. The molecule has 142 valence electrons. The molecule has 1 aromatic carbocycles. The zero-order chi connectivity index (χ0) is 18.8. The first-order valence-electron chi connectivity index (χ1n) is 9.11. The fourth-order valence-electron chi connectivity index (χ4n) is 3.45. The molecule has 27 heavy (non-hydrogen) atoms. The second-order valence-corrected chi connectivity index (χ2v) is 7.68. The highest BCUT2D eigenvalue weighted by molar-refractivity contribution is 7.17. The van der Waals surface area contributed by atoms with E-state index in [0.717, 1.165) is 42.5 Å². The summed E-state index contributed by atoms with van der Waals surface area (Å²) in [5.41, 5.74) is 1.98. The molecule has 6 nitrogen and oxygen atoms in total. The molecule has 0 atom stereocenters. The number of esters is 1. The Morgan fingerprint density at radius 2 is 1.85 bits per heavy atom. The molecular formula is C20H21NO5S. The largest absolute Gasteiger partial charge is 0.490 e. The van der Waals surface area contributed by atoms with Crippen LogP contribution in [0.5, 0.6) is 11.5 Å². The Balaban J connectivity index is 1.62. The maximum atomic E-state index is 12.8. The van der Waals surface area contributed by atoms with E-state index in [1.165, 1.54) is 18.4 Å². The molecule has 7 heteroatoms. The Labute approximate surface area is 161 Å². The third kappa shape index (κ3) is 3.51. The van der Waals surface area contributed by atoms with E-state index in [9.17, 15) is 9.59 Å². The van der Waals surface area contributed by atoms with E-state index in [-0.39, 0.29) is 5.91 Å². The predicted octanol–water partition coefficient (Wildman–Crippen LogP) is 3.83. The van der Waals surface area contributed by atoms with E-state index in [4.69, 9.17) is 14.2 Å². The molecule has 2 aliphatic rings. The van der Waals surface area contributed by atoms with Crippen molar-refractivity contribution < 1.29 is 23.8 Å². The van der Waals surface area contributed by atoms with Crippen molar-refractivity contribution in [2.24, 2.45) is 0 Å². The van der Waals surface area contributed by atoms with Gasteiger partial charge in [-0.25, -0.2) is 4.79 Å². The van der Waals surface area contributed by atoms with E-state index < -0.39 is 5.97 Å². The lowest BCUT2D eigenvalue weighted by Gasteiger charge is -2.12. The monoisotopic (exact) mass is 387 g/mol. The smallest absolute Gasteiger partial charge is 0.341 e. The normalized spacial score (nSPS) is 15.4. The molecule has 1 aromatic heterocycles. The number of benzene rings is 1. The first-order chi connectivity index (χ1) is 13.2. The number of fused-ring (bicyclic) bond motifs is 2. The number of ether oxygens (including phenoxy) is 3. The van der Waals surface area contributed by atoms with Crippen LogP contribution in [-0.2, 0) is 17.6 Å². The minimum absolute atomic E-state index is 0.283. The van der Waals surface area contributed by atoms with Gasteiger partial charge in [-0.05, 0) is 49.4 Å². The van der Waals surface area contributed by atoms with Crippen LogP contribution in [-0.4, -0.2) is 32.2 Å². The van der Waals surface area contributed by atoms with Crippen molar-refractivity contribution in [2.45, 2.75) is 32.1 Å². The van der Waals surface area contributed by atoms with Crippen LogP contribution in [0, 0.1) is 0 Å². The molecule has 2 aromatic rings. The number of hydrogen-bond acceptors (Lipinski definition) is 6. The molecule has 0 fully saturated rings. The number of hydrogen-bond donors (Lipinski definition) is 1. The van der Waals surface area contributed by atoms with Gasteiger partial charge < -0.3 is 19.5 Å². The molecular weight excluding hydrogens is 366 g/mol. The molecule has 1 aliphatic carbocycles. The quantitative estimate of drug-likeness (QED) is 0.811. The minimum Gasteiger partial charge on any atom is -0.490 e. The van der Waals surface area contributed by atoms with Gasteiger partial charge in [-0.3, -0.25) is 4.79 Å². The third-order valence-corrected chi connectivity index (χ3v) is 6.00. The van der Waals surface area contributed by atoms with Crippen molar-refractivity contribution in [3.05, 3.63) is 39.8 Å². The van der Waals surface area contributed by atoms with Crippen molar-refractivity contribution in [1.29, 1.82) is 0 Å². The molecule has 1 amide bonds. The Morgan fingerprint density at radius 3 is 2.67 bits per heavy atom. The van der Waals surface area contributed by atoms with Crippen molar-refractivity contribution >= 4 is 28.2 Å². The lowest BCUT2D eigenvalue weighted by molar-refractivity contribution is 0.0601. The van der Waals surface area contributed by atoms with Crippen LogP contribution in [0.4, 0.5) is 5.00 Å². The van der Waals surface area contributed by atoms with Crippen LogP contribution in [0.15, 0.2) is 18.2 Å². The summed E-state index contributed by atoms with van der Waals surface area (Å²) in [6.45, 7) is 1.16. The number of amides is 1. The minimum atomic E-state index is -0.400. The number of carbonyl (C=O) groups is 2. The highest BCUT2D eigenvalue weighted by atomic mass is 32.1. The van der Waals surface area contributed by atoms with Crippen LogP contribution in [0.1, 0.15) is 50.4 Å². The summed E-state index contributed by atoms with van der Waals surface area (Å²) in [4.78, 5) is 26.3. The van der Waals surface area contributed by atoms with Gasteiger partial charge in [0.05, 0.1) is 25.9 Å². The highest BCUT2D eigenvalue weighted by Crippen LogP contribution is 2.39. The first kappa shape index (κ1) is 17.9. The van der Waals surface area contributed by atoms with Crippen molar-refractivity contribution in [1.82, 2.24) is 0 Å². The molecule has 0 saturated carbocycles. The summed E-state index contributed by atoms with van der Waals surface area (Å²) in [5, 5.41) is 3.47. The zero-order valence-electron chi connectivity index (χ0n) is 15.1. The van der Waals surface area contributed by atoms with E-state index in [1.54, 1.807) is 18.2 Å². The van der Waals surface area contributed by atoms with Gasteiger partial charge in [0, 0.05) is 16.9 Å². The van der Waals surface area contributed by atoms with Gasteiger partial charge in [-0.1, -0.05) is 0 Å². The van der Waals surface area contributed by atoms with Crippen LogP contribution in [0.25, 0.3) is 0 Å². The Bertz CT molecular complexity index is 889. The van der Waals surface area contributed by atoms with E-state index in [1.807, 2.05) is 0 Å². The fourth-order valence-corrected chi connectivity index (χ4v) is 4.72. The molecule has 0 bridgehead atoms. The Morgan fingerprint density at radius 1 is 1.07 bits per heavy atom. The summed E-state index contributed by atoms with van der Waals surface area (Å²) >= 11 is 1.47. The number of carbonyl (C=O) groups excluding carboxylic acids is 2. The second-order valence-electron chi connectivity index (χ2n) is 6.57. The van der Waals surface area contributed by atoms with Gasteiger partial charge in [0.15, 0.2) is 11.5 Å². The van der Waals surface area contributed by atoms with E-state index in [0.29, 0.717) is 40.8 Å². The summed E-state index contributed by atoms with van der Waals surface area (Å²) in [6.07, 6.45) is 4.73. The number of methoxy groups -OCH3 is 1. The number of rotatable bonds is 3. The SMILES string of the molecule is COC(=O)c1c(NC(=O)c2ccc3c(c2)OCCCO3)sc2c1CCCC2. The van der Waals surface area contributed by atoms with Gasteiger partial charge >= 0.3 is 5.97 Å². The molecule has 4 rings (SSSR count). The van der Waals surface area contributed by atoms with Crippen molar-refractivity contribution in [3.63, 3.8) is 0 Å². The number of anilines is 1. The van der Waals surface area contributed by atoms with Gasteiger partial charge in [0.2, 0.25) is 0 Å². The predicted molar refractivity (Wildman–Crippen MR) is 102 cm³/mol. The highest BCUT2D eigenvalue weighted by Gasteiger charge is 2.27. The molecule has 1 N–H and O–H groups in total. The number of thiophene rings is 1. The van der Waals surface area contributed by atoms with Crippen molar-refractivity contribution in [2.75, 3.05) is 25.6 Å². The molecule has 0 unspecified atom stereocenters. The fraction of sp³-hybridized carbons (Fsp3) is 0.400.